The molecule has 2 saturated carbocycles. The molecular weight excluding hydrogens is 473 g/mol. The van der Waals surface area contributed by atoms with Crippen LogP contribution in [0.2, 0.25) is 5.02 Å². The average molecular weight is 499 g/mol. The van der Waals surface area contributed by atoms with Gasteiger partial charge in [-0.05, 0) is 61.6 Å². The highest BCUT2D eigenvalue weighted by Crippen LogP contribution is 2.43. The fourth-order valence-corrected chi connectivity index (χ4v) is 5.41. The number of fused-ring (bicyclic) bond motifs is 1. The Hall–Kier alpha value is -2.33. The predicted molar refractivity (Wildman–Crippen MR) is 118 cm³/mol. The van der Waals surface area contributed by atoms with E-state index in [1.807, 2.05) is 6.92 Å². The van der Waals surface area contributed by atoms with Gasteiger partial charge in [-0.2, -0.15) is 18.3 Å². The lowest BCUT2D eigenvalue weighted by Gasteiger charge is -2.42. The van der Waals surface area contributed by atoms with Crippen LogP contribution in [-0.4, -0.2) is 68.1 Å². The summed E-state index contributed by atoms with van der Waals surface area (Å²) in [6.45, 7) is 2.33. The summed E-state index contributed by atoms with van der Waals surface area (Å²) in [6.07, 6.45) is -1.37. The molecule has 7 nitrogen and oxygen atoms in total. The summed E-state index contributed by atoms with van der Waals surface area (Å²) >= 11 is 6.39. The lowest BCUT2D eigenvalue weighted by atomic mass is 9.83. The summed E-state index contributed by atoms with van der Waals surface area (Å²) in [7, 11) is 0. The van der Waals surface area contributed by atoms with E-state index in [2.05, 4.69) is 5.10 Å². The summed E-state index contributed by atoms with van der Waals surface area (Å²) < 4.78 is 41.9. The fourth-order valence-electron chi connectivity index (χ4n) is 5.16. The van der Waals surface area contributed by atoms with Gasteiger partial charge in [-0.15, -0.1) is 0 Å². The number of hydrogen-bond acceptors (Lipinski definition) is 4. The van der Waals surface area contributed by atoms with E-state index in [9.17, 15) is 27.9 Å². The zero-order valence-corrected chi connectivity index (χ0v) is 19.4. The molecule has 0 bridgehead atoms. The van der Waals surface area contributed by atoms with E-state index in [1.165, 1.54) is 4.90 Å². The van der Waals surface area contributed by atoms with Crippen LogP contribution in [0.15, 0.2) is 12.1 Å². The summed E-state index contributed by atoms with van der Waals surface area (Å²) in [6, 6.07) is 2.66. The zero-order valence-electron chi connectivity index (χ0n) is 18.7. The number of halogens is 4. The Morgan fingerprint density at radius 1 is 1.18 bits per heavy atom. The van der Waals surface area contributed by atoms with Crippen molar-refractivity contribution in [3.05, 3.63) is 34.1 Å². The number of alkyl halides is 3. The van der Waals surface area contributed by atoms with Gasteiger partial charge in [0.25, 0.3) is 5.91 Å². The molecule has 0 aromatic carbocycles. The minimum absolute atomic E-state index is 0.0112. The van der Waals surface area contributed by atoms with Gasteiger partial charge in [-0.25, -0.2) is 4.52 Å². The molecule has 3 atom stereocenters. The average Bonchev–Trinajstić information content (AvgIpc) is 3.58. The number of nitrogens with zero attached hydrogens (tertiary/aromatic N) is 4. The number of aliphatic hydroxyl groups is 1. The van der Waals surface area contributed by atoms with Crippen molar-refractivity contribution in [3.8, 4) is 0 Å². The Labute approximate surface area is 199 Å². The van der Waals surface area contributed by atoms with Gasteiger partial charge in [0.1, 0.15) is 12.2 Å². The van der Waals surface area contributed by atoms with Crippen molar-refractivity contribution >= 4 is 28.9 Å². The molecule has 2 aromatic heterocycles. The minimum Gasteiger partial charge on any atom is -0.393 e. The Balaban J connectivity index is 1.39. The van der Waals surface area contributed by atoms with Crippen LogP contribution in [0.3, 0.4) is 0 Å². The lowest BCUT2D eigenvalue weighted by Crippen LogP contribution is -2.56. The molecule has 2 aromatic rings. The molecule has 2 aliphatic carbocycles. The first-order valence-corrected chi connectivity index (χ1v) is 12.0. The van der Waals surface area contributed by atoms with Crippen molar-refractivity contribution in [1.82, 2.24) is 19.4 Å². The van der Waals surface area contributed by atoms with Crippen molar-refractivity contribution in [1.29, 1.82) is 0 Å². The fraction of sp³-hybridized carbons (Fsp3) is 0.609. The molecule has 3 unspecified atom stereocenters. The maximum atomic E-state index is 13.7. The van der Waals surface area contributed by atoms with Crippen LogP contribution < -0.4 is 0 Å². The van der Waals surface area contributed by atoms with Gasteiger partial charge in [0.05, 0.1) is 16.6 Å². The van der Waals surface area contributed by atoms with Crippen LogP contribution in [-0.2, 0) is 11.0 Å². The third kappa shape index (κ3) is 4.15. The molecule has 34 heavy (non-hydrogen) atoms. The summed E-state index contributed by atoms with van der Waals surface area (Å²) in [4.78, 5) is 29.1. The lowest BCUT2D eigenvalue weighted by molar-refractivity contribution is -0.142. The minimum atomic E-state index is -4.66. The van der Waals surface area contributed by atoms with Gasteiger partial charge < -0.3 is 14.9 Å². The molecule has 1 saturated heterocycles. The van der Waals surface area contributed by atoms with Crippen LogP contribution in [0.1, 0.15) is 66.7 Å². The number of hydrogen-bond donors (Lipinski definition) is 1. The number of aromatic nitrogens is 2. The largest absolute Gasteiger partial charge is 0.433 e. The first-order valence-electron chi connectivity index (χ1n) is 11.6. The molecule has 184 valence electrons. The molecule has 5 rings (SSSR count). The Morgan fingerprint density at radius 2 is 1.91 bits per heavy atom. The van der Waals surface area contributed by atoms with Crippen molar-refractivity contribution < 1.29 is 27.9 Å². The number of pyridine rings is 1. The molecule has 1 aliphatic heterocycles. The smallest absolute Gasteiger partial charge is 0.393 e. The summed E-state index contributed by atoms with van der Waals surface area (Å²) in [5, 5.41) is 13.8. The van der Waals surface area contributed by atoms with Gasteiger partial charge in [-0.3, -0.25) is 9.59 Å². The molecule has 3 aliphatic rings. The van der Waals surface area contributed by atoms with Gasteiger partial charge in [-0.1, -0.05) is 18.5 Å². The second kappa shape index (κ2) is 8.41. The van der Waals surface area contributed by atoms with E-state index >= 15 is 0 Å². The van der Waals surface area contributed by atoms with Crippen LogP contribution in [0.4, 0.5) is 13.2 Å². The van der Waals surface area contributed by atoms with E-state index in [4.69, 9.17) is 11.6 Å². The maximum absolute atomic E-state index is 13.7. The summed E-state index contributed by atoms with van der Waals surface area (Å²) in [5.74, 6) is -0.729. The van der Waals surface area contributed by atoms with Crippen LogP contribution in [0.25, 0.3) is 5.52 Å². The first kappa shape index (κ1) is 23.4. The molecular formula is C23H26ClF3N4O3. The van der Waals surface area contributed by atoms with Crippen molar-refractivity contribution in [3.63, 3.8) is 0 Å². The molecule has 1 N–H and O–H groups in total. The highest BCUT2D eigenvalue weighted by atomic mass is 35.5. The standard InChI is InChI=1S/C23H26ClF3N4O3/c1-12-8-15(4-5-17(12)32)30-7-6-29(11-19(30)33)22(34)21-20(24)16-9-14(13-2-3-13)10-18(23(25,26)27)31(16)28-21/h9-10,12-13,15,17,32H,2-8,11H2,1H3. The number of carbonyl (C=O) groups excluding carboxylic acids is 2. The molecule has 3 heterocycles. The monoisotopic (exact) mass is 498 g/mol. The number of piperazine rings is 1. The SMILES string of the molecule is CC1CC(N2CCN(C(=O)c3nn4c(C(F)(F)F)cc(C5CC5)cc4c3Cl)CC2=O)CCC1O. The van der Waals surface area contributed by atoms with Crippen molar-refractivity contribution in [2.45, 2.75) is 63.3 Å². The Morgan fingerprint density at radius 3 is 2.53 bits per heavy atom. The molecule has 2 amide bonds. The summed E-state index contributed by atoms with van der Waals surface area (Å²) in [5.41, 5.74) is -0.671. The number of amides is 2. The Bertz CT molecular complexity index is 1150. The zero-order chi connectivity index (χ0) is 24.4. The second-order valence-electron chi connectivity index (χ2n) is 9.73. The Kier molecular flexibility index (Phi) is 5.79. The van der Waals surface area contributed by atoms with Gasteiger partial charge in [0.2, 0.25) is 5.91 Å². The number of rotatable bonds is 3. The maximum Gasteiger partial charge on any atom is 0.433 e. The topological polar surface area (TPSA) is 78.1 Å². The first-order chi connectivity index (χ1) is 16.0. The molecule has 0 radical (unpaired) electrons. The molecule has 11 heteroatoms. The van der Waals surface area contributed by atoms with E-state index in [-0.39, 0.29) is 59.2 Å². The van der Waals surface area contributed by atoms with E-state index in [0.717, 1.165) is 18.9 Å². The molecule has 3 fully saturated rings. The second-order valence-corrected chi connectivity index (χ2v) is 10.1. The third-order valence-electron chi connectivity index (χ3n) is 7.32. The van der Waals surface area contributed by atoms with Crippen LogP contribution in [0, 0.1) is 5.92 Å². The van der Waals surface area contributed by atoms with Crippen LogP contribution in [0.5, 0.6) is 0 Å². The number of aliphatic hydroxyl groups excluding tert-OH is 1. The third-order valence-corrected chi connectivity index (χ3v) is 7.69. The highest BCUT2D eigenvalue weighted by molar-refractivity contribution is 6.36. The van der Waals surface area contributed by atoms with Gasteiger partial charge in [0, 0.05) is 19.1 Å². The van der Waals surface area contributed by atoms with Gasteiger partial charge in [0.15, 0.2) is 5.69 Å². The van der Waals surface area contributed by atoms with E-state index in [1.54, 1.807) is 11.0 Å². The van der Waals surface area contributed by atoms with Crippen LogP contribution >= 0.6 is 11.6 Å². The quantitative estimate of drug-likeness (QED) is 0.699. The van der Waals surface area contributed by atoms with Gasteiger partial charge >= 0.3 is 6.18 Å². The normalized spacial score (nSPS) is 26.4. The van der Waals surface area contributed by atoms with E-state index < -0.39 is 17.8 Å². The molecule has 0 spiro atoms. The van der Waals surface area contributed by atoms with Crippen molar-refractivity contribution in [2.75, 3.05) is 19.6 Å². The number of carbonyl (C=O) groups is 2. The van der Waals surface area contributed by atoms with E-state index in [0.29, 0.717) is 35.9 Å². The highest BCUT2D eigenvalue weighted by Gasteiger charge is 2.40. The van der Waals surface area contributed by atoms with Crippen molar-refractivity contribution in [2.24, 2.45) is 5.92 Å². The predicted octanol–water partition coefficient (Wildman–Crippen LogP) is 3.72.